The molecular formula is C20H35N3O3. The van der Waals surface area contributed by atoms with E-state index < -0.39 is 0 Å². The van der Waals surface area contributed by atoms with E-state index in [1.807, 2.05) is 34.6 Å². The van der Waals surface area contributed by atoms with E-state index in [1.165, 1.54) is 13.1 Å². The topological polar surface area (TPSA) is 87.3 Å². The van der Waals surface area contributed by atoms with Crippen LogP contribution in [0.3, 0.4) is 0 Å². The average Bonchev–Trinajstić information content (AvgIpc) is 2.68. The number of amides is 3. The summed E-state index contributed by atoms with van der Waals surface area (Å²) in [4.78, 5) is 35.4. The van der Waals surface area contributed by atoms with Crippen LogP contribution in [0.5, 0.6) is 0 Å². The summed E-state index contributed by atoms with van der Waals surface area (Å²) in [6.07, 6.45) is 0. The van der Waals surface area contributed by atoms with Gasteiger partial charge in [0.1, 0.15) is 0 Å². The van der Waals surface area contributed by atoms with E-state index in [4.69, 9.17) is 0 Å². The SMILES string of the molecule is CC.CC.CCNC(=O)c1cc(CNC(=O)C(C)C)cc(C(=O)NC)c1. The Labute approximate surface area is 158 Å². The van der Waals surface area contributed by atoms with Crippen molar-refractivity contribution < 1.29 is 14.4 Å². The summed E-state index contributed by atoms with van der Waals surface area (Å²) in [6.45, 7) is 14.2. The second-order valence-electron chi connectivity index (χ2n) is 5.23. The lowest BCUT2D eigenvalue weighted by Gasteiger charge is -2.11. The van der Waals surface area contributed by atoms with Crippen molar-refractivity contribution in [2.24, 2.45) is 5.92 Å². The molecule has 0 heterocycles. The van der Waals surface area contributed by atoms with E-state index in [0.29, 0.717) is 23.2 Å². The number of hydrogen-bond acceptors (Lipinski definition) is 3. The molecule has 0 bridgehead atoms. The molecular weight excluding hydrogens is 330 g/mol. The molecule has 0 aliphatic carbocycles. The van der Waals surface area contributed by atoms with Crippen molar-refractivity contribution in [3.05, 3.63) is 34.9 Å². The van der Waals surface area contributed by atoms with Gasteiger partial charge < -0.3 is 16.0 Å². The Morgan fingerprint density at radius 1 is 0.885 bits per heavy atom. The number of nitrogens with one attached hydrogen (secondary N) is 3. The first kappa shape index (κ1) is 25.9. The van der Waals surface area contributed by atoms with Gasteiger partial charge in [-0.3, -0.25) is 14.4 Å². The van der Waals surface area contributed by atoms with Crippen molar-refractivity contribution in [1.82, 2.24) is 16.0 Å². The zero-order valence-electron chi connectivity index (χ0n) is 17.4. The molecule has 148 valence electrons. The zero-order valence-corrected chi connectivity index (χ0v) is 17.4. The van der Waals surface area contributed by atoms with Gasteiger partial charge in [0.2, 0.25) is 5.91 Å². The predicted octanol–water partition coefficient (Wildman–Crippen LogP) is 3.12. The van der Waals surface area contributed by atoms with Crippen LogP contribution in [0.15, 0.2) is 18.2 Å². The lowest BCUT2D eigenvalue weighted by molar-refractivity contribution is -0.124. The molecule has 0 aliphatic rings. The molecule has 6 heteroatoms. The molecule has 3 N–H and O–H groups in total. The normalized spacial score (nSPS) is 9.12. The van der Waals surface area contributed by atoms with Gasteiger partial charge in [-0.1, -0.05) is 41.5 Å². The lowest BCUT2D eigenvalue weighted by atomic mass is 10.0. The van der Waals surface area contributed by atoms with E-state index in [9.17, 15) is 14.4 Å². The van der Waals surface area contributed by atoms with Crippen LogP contribution >= 0.6 is 0 Å². The summed E-state index contributed by atoms with van der Waals surface area (Å²) in [5, 5.41) is 8.01. The Morgan fingerprint density at radius 2 is 1.38 bits per heavy atom. The van der Waals surface area contributed by atoms with E-state index in [-0.39, 0.29) is 30.2 Å². The Balaban J connectivity index is 0. The monoisotopic (exact) mass is 365 g/mol. The number of benzene rings is 1. The Hall–Kier alpha value is -2.37. The van der Waals surface area contributed by atoms with Gasteiger partial charge in [-0.2, -0.15) is 0 Å². The molecule has 0 radical (unpaired) electrons. The van der Waals surface area contributed by atoms with Gasteiger partial charge in [0.25, 0.3) is 11.8 Å². The van der Waals surface area contributed by atoms with E-state index in [0.717, 1.165) is 0 Å². The van der Waals surface area contributed by atoms with Gasteiger partial charge in [-0.25, -0.2) is 0 Å². The minimum absolute atomic E-state index is 0.0788. The van der Waals surface area contributed by atoms with Crippen molar-refractivity contribution in [1.29, 1.82) is 0 Å². The highest BCUT2D eigenvalue weighted by atomic mass is 16.2. The standard InChI is InChI=1S/C16H23N3O3.2C2H6/c1-5-18-16(22)13-7-11(9-19-14(20)10(2)3)6-12(8-13)15(21)17-4;2*1-2/h6-8,10H,5,9H2,1-4H3,(H,17,21)(H,18,22)(H,19,20);2*1-2H3. The Kier molecular flexibility index (Phi) is 14.9. The van der Waals surface area contributed by atoms with Gasteiger partial charge in [0.15, 0.2) is 0 Å². The van der Waals surface area contributed by atoms with E-state index in [1.54, 1.807) is 26.0 Å². The summed E-state index contributed by atoms with van der Waals surface area (Å²) in [5.74, 6) is -0.720. The van der Waals surface area contributed by atoms with Crippen LogP contribution in [-0.4, -0.2) is 31.3 Å². The van der Waals surface area contributed by atoms with Crippen LogP contribution in [0, 0.1) is 5.92 Å². The smallest absolute Gasteiger partial charge is 0.251 e. The third-order valence-electron chi connectivity index (χ3n) is 3.07. The molecule has 1 aromatic rings. The first-order chi connectivity index (χ1) is 12.4. The molecule has 0 aromatic heterocycles. The minimum Gasteiger partial charge on any atom is -0.355 e. The number of hydrogen-bond donors (Lipinski definition) is 3. The molecule has 0 atom stereocenters. The van der Waals surface area contributed by atoms with Gasteiger partial charge in [0.05, 0.1) is 0 Å². The van der Waals surface area contributed by atoms with Crippen molar-refractivity contribution in [2.75, 3.05) is 13.6 Å². The fraction of sp³-hybridized carbons (Fsp3) is 0.550. The highest BCUT2D eigenvalue weighted by Gasteiger charge is 2.13. The van der Waals surface area contributed by atoms with Gasteiger partial charge in [-0.15, -0.1) is 0 Å². The first-order valence-corrected chi connectivity index (χ1v) is 9.31. The lowest BCUT2D eigenvalue weighted by Crippen LogP contribution is -2.28. The van der Waals surface area contributed by atoms with Crippen LogP contribution < -0.4 is 16.0 Å². The summed E-state index contributed by atoms with van der Waals surface area (Å²) in [7, 11) is 1.53. The van der Waals surface area contributed by atoms with E-state index >= 15 is 0 Å². The maximum atomic E-state index is 12.0. The quantitative estimate of drug-likeness (QED) is 0.724. The largest absolute Gasteiger partial charge is 0.355 e. The summed E-state index contributed by atoms with van der Waals surface area (Å²) in [6, 6.07) is 4.89. The third kappa shape index (κ3) is 9.20. The van der Waals surface area contributed by atoms with Crippen LogP contribution in [-0.2, 0) is 11.3 Å². The molecule has 0 spiro atoms. The first-order valence-electron chi connectivity index (χ1n) is 9.31. The van der Waals surface area contributed by atoms with E-state index in [2.05, 4.69) is 16.0 Å². The summed E-state index contributed by atoms with van der Waals surface area (Å²) >= 11 is 0. The molecule has 1 aromatic carbocycles. The minimum atomic E-state index is -0.275. The van der Waals surface area contributed by atoms with Gasteiger partial charge in [-0.05, 0) is 30.7 Å². The molecule has 26 heavy (non-hydrogen) atoms. The van der Waals surface area contributed by atoms with Crippen LogP contribution in [0.1, 0.15) is 74.7 Å². The molecule has 0 saturated carbocycles. The summed E-state index contributed by atoms with van der Waals surface area (Å²) < 4.78 is 0. The van der Waals surface area contributed by atoms with Gasteiger partial charge >= 0.3 is 0 Å². The zero-order chi connectivity index (χ0) is 20.7. The summed E-state index contributed by atoms with van der Waals surface area (Å²) in [5.41, 5.74) is 1.49. The maximum Gasteiger partial charge on any atom is 0.251 e. The van der Waals surface area contributed by atoms with Crippen molar-refractivity contribution in [3.63, 3.8) is 0 Å². The van der Waals surface area contributed by atoms with Gasteiger partial charge in [0, 0.05) is 37.2 Å². The average molecular weight is 366 g/mol. The number of rotatable bonds is 6. The highest BCUT2D eigenvalue weighted by molar-refractivity contribution is 6.00. The maximum absolute atomic E-state index is 12.0. The third-order valence-corrected chi connectivity index (χ3v) is 3.07. The van der Waals surface area contributed by atoms with Crippen LogP contribution in [0.2, 0.25) is 0 Å². The molecule has 3 amide bonds. The molecule has 0 saturated heterocycles. The highest BCUT2D eigenvalue weighted by Crippen LogP contribution is 2.11. The van der Waals surface area contributed by atoms with Crippen molar-refractivity contribution >= 4 is 17.7 Å². The Bertz CT molecular complexity index is 569. The molecule has 0 fully saturated rings. The molecule has 0 unspecified atom stereocenters. The van der Waals surface area contributed by atoms with Crippen molar-refractivity contribution in [3.8, 4) is 0 Å². The fourth-order valence-corrected chi connectivity index (χ4v) is 1.86. The Morgan fingerprint density at radius 3 is 1.81 bits per heavy atom. The fourth-order valence-electron chi connectivity index (χ4n) is 1.86. The molecule has 0 aliphatic heterocycles. The van der Waals surface area contributed by atoms with Crippen LogP contribution in [0.25, 0.3) is 0 Å². The predicted molar refractivity (Wildman–Crippen MR) is 107 cm³/mol. The molecule has 6 nitrogen and oxygen atoms in total. The van der Waals surface area contributed by atoms with Crippen molar-refractivity contribution in [2.45, 2.75) is 55.0 Å². The van der Waals surface area contributed by atoms with Crippen LogP contribution in [0.4, 0.5) is 0 Å². The number of carbonyl (C=O) groups excluding carboxylic acids is 3. The second kappa shape index (κ2) is 14.9. The number of carbonyl (C=O) groups is 3. The molecule has 1 rings (SSSR count). The second-order valence-corrected chi connectivity index (χ2v) is 5.23.